The summed E-state index contributed by atoms with van der Waals surface area (Å²) < 4.78 is 0. The lowest BCUT2D eigenvalue weighted by atomic mass is 9.92. The molecule has 2 N–H and O–H groups in total. The standard InChI is InChI=1S/C16H20N2O2S/c19-14-9-5-4-8-12(14)17-15(20)13-10-21-16(18-13)11-6-2-1-3-7-11/h1-3,6-7,12-14,19H,4-5,8-10H2,(H,17,20)/t12-,13?,14-/m1/s1. The fourth-order valence-corrected chi connectivity index (χ4v) is 3.85. The molecule has 1 saturated carbocycles. The third-order valence-electron chi connectivity index (χ3n) is 4.03. The van der Waals surface area contributed by atoms with Crippen LogP contribution in [0, 0.1) is 0 Å². The van der Waals surface area contributed by atoms with E-state index < -0.39 is 6.10 Å². The first-order valence-corrected chi connectivity index (χ1v) is 8.47. The van der Waals surface area contributed by atoms with E-state index in [9.17, 15) is 9.90 Å². The molecule has 3 rings (SSSR count). The van der Waals surface area contributed by atoms with Crippen molar-refractivity contribution in [3.63, 3.8) is 0 Å². The van der Waals surface area contributed by atoms with Crippen molar-refractivity contribution in [3.05, 3.63) is 35.9 Å². The van der Waals surface area contributed by atoms with Crippen molar-refractivity contribution in [3.8, 4) is 0 Å². The molecule has 1 fully saturated rings. The molecule has 1 amide bonds. The van der Waals surface area contributed by atoms with Crippen LogP contribution in [0.3, 0.4) is 0 Å². The van der Waals surface area contributed by atoms with Gasteiger partial charge >= 0.3 is 0 Å². The molecule has 1 aliphatic carbocycles. The lowest BCUT2D eigenvalue weighted by molar-refractivity contribution is -0.123. The molecule has 1 unspecified atom stereocenters. The van der Waals surface area contributed by atoms with Crippen LogP contribution in [0.4, 0.5) is 0 Å². The van der Waals surface area contributed by atoms with E-state index in [1.54, 1.807) is 11.8 Å². The van der Waals surface area contributed by atoms with E-state index in [1.165, 1.54) is 0 Å². The smallest absolute Gasteiger partial charge is 0.246 e. The number of nitrogens with zero attached hydrogens (tertiary/aromatic N) is 1. The highest BCUT2D eigenvalue weighted by Gasteiger charge is 2.30. The summed E-state index contributed by atoms with van der Waals surface area (Å²) in [6.07, 6.45) is 3.35. The van der Waals surface area contributed by atoms with E-state index in [0.29, 0.717) is 5.75 Å². The lowest BCUT2D eigenvalue weighted by Gasteiger charge is -2.28. The van der Waals surface area contributed by atoms with Gasteiger partial charge in [-0.15, -0.1) is 11.8 Å². The number of amides is 1. The van der Waals surface area contributed by atoms with Gasteiger partial charge in [-0.2, -0.15) is 0 Å². The zero-order valence-electron chi connectivity index (χ0n) is 11.9. The Morgan fingerprint density at radius 2 is 2.00 bits per heavy atom. The molecule has 0 saturated heterocycles. The lowest BCUT2D eigenvalue weighted by Crippen LogP contribution is -2.48. The summed E-state index contributed by atoms with van der Waals surface area (Å²) in [4.78, 5) is 16.8. The van der Waals surface area contributed by atoms with Crippen LogP contribution in [0.25, 0.3) is 0 Å². The van der Waals surface area contributed by atoms with Crippen LogP contribution >= 0.6 is 11.8 Å². The van der Waals surface area contributed by atoms with Gasteiger partial charge in [-0.3, -0.25) is 9.79 Å². The number of carbonyl (C=O) groups is 1. The van der Waals surface area contributed by atoms with Gasteiger partial charge < -0.3 is 10.4 Å². The Hall–Kier alpha value is -1.33. The second kappa shape index (κ2) is 6.62. The molecule has 112 valence electrons. The molecule has 1 aromatic carbocycles. The monoisotopic (exact) mass is 304 g/mol. The van der Waals surface area contributed by atoms with Crippen molar-refractivity contribution in [2.45, 2.75) is 43.9 Å². The van der Waals surface area contributed by atoms with E-state index in [0.717, 1.165) is 36.3 Å². The number of aliphatic imine (C=N–C) groups is 1. The van der Waals surface area contributed by atoms with Crippen LogP contribution in [0.2, 0.25) is 0 Å². The number of thioether (sulfide) groups is 1. The molecule has 0 bridgehead atoms. The van der Waals surface area contributed by atoms with Crippen LogP contribution < -0.4 is 5.32 Å². The van der Waals surface area contributed by atoms with Gasteiger partial charge in [-0.1, -0.05) is 43.2 Å². The van der Waals surface area contributed by atoms with E-state index in [2.05, 4.69) is 10.3 Å². The fraction of sp³-hybridized carbons (Fsp3) is 0.500. The quantitative estimate of drug-likeness (QED) is 0.897. The normalized spacial score (nSPS) is 29.0. The summed E-state index contributed by atoms with van der Waals surface area (Å²) in [5.74, 6) is 0.623. The number of aliphatic hydroxyl groups excluding tert-OH is 1. The third kappa shape index (κ3) is 3.47. The SMILES string of the molecule is O=C(N[C@@H]1CCCC[C@H]1O)C1CSC(c2ccccc2)=N1. The van der Waals surface area contributed by atoms with Crippen LogP contribution in [-0.4, -0.2) is 40.0 Å². The van der Waals surface area contributed by atoms with E-state index >= 15 is 0 Å². The summed E-state index contributed by atoms with van der Waals surface area (Å²) in [5.41, 5.74) is 1.07. The molecule has 5 heteroatoms. The van der Waals surface area contributed by atoms with Crippen molar-refractivity contribution < 1.29 is 9.90 Å². The molecular weight excluding hydrogens is 284 g/mol. The van der Waals surface area contributed by atoms with Gasteiger partial charge in [0.15, 0.2) is 0 Å². The molecule has 3 atom stereocenters. The third-order valence-corrected chi connectivity index (χ3v) is 5.13. The Morgan fingerprint density at radius 3 is 2.76 bits per heavy atom. The molecule has 0 spiro atoms. The highest BCUT2D eigenvalue weighted by Crippen LogP contribution is 2.24. The Kier molecular flexibility index (Phi) is 4.60. The summed E-state index contributed by atoms with van der Waals surface area (Å²) >= 11 is 1.62. The van der Waals surface area contributed by atoms with E-state index in [1.807, 2.05) is 30.3 Å². The van der Waals surface area contributed by atoms with E-state index in [4.69, 9.17) is 0 Å². The molecular formula is C16H20N2O2S. The van der Waals surface area contributed by atoms with Crippen LogP contribution in [0.1, 0.15) is 31.2 Å². The molecule has 21 heavy (non-hydrogen) atoms. The number of rotatable bonds is 3. The van der Waals surface area contributed by atoms with Gasteiger partial charge in [0, 0.05) is 11.3 Å². The van der Waals surface area contributed by atoms with Crippen molar-refractivity contribution in [1.29, 1.82) is 0 Å². The minimum Gasteiger partial charge on any atom is -0.391 e. The molecule has 0 radical (unpaired) electrons. The summed E-state index contributed by atoms with van der Waals surface area (Å²) in [6, 6.07) is 9.51. The van der Waals surface area contributed by atoms with Crippen LogP contribution in [0.5, 0.6) is 0 Å². The largest absolute Gasteiger partial charge is 0.391 e. The number of aliphatic hydroxyl groups is 1. The second-order valence-corrected chi connectivity index (χ2v) is 6.60. The topological polar surface area (TPSA) is 61.7 Å². The molecule has 1 aromatic rings. The Balaban J connectivity index is 1.62. The van der Waals surface area contributed by atoms with E-state index in [-0.39, 0.29) is 18.0 Å². The van der Waals surface area contributed by atoms with Crippen molar-refractivity contribution in [2.24, 2.45) is 4.99 Å². The van der Waals surface area contributed by atoms with Crippen molar-refractivity contribution in [2.75, 3.05) is 5.75 Å². The maximum Gasteiger partial charge on any atom is 0.246 e. The molecule has 1 heterocycles. The molecule has 2 aliphatic rings. The number of hydrogen-bond acceptors (Lipinski definition) is 4. The second-order valence-electron chi connectivity index (χ2n) is 5.59. The first kappa shape index (κ1) is 14.6. The molecule has 1 aliphatic heterocycles. The highest BCUT2D eigenvalue weighted by atomic mass is 32.2. The molecule has 4 nitrogen and oxygen atoms in total. The van der Waals surface area contributed by atoms with Crippen LogP contribution in [-0.2, 0) is 4.79 Å². The van der Waals surface area contributed by atoms with Crippen LogP contribution in [0.15, 0.2) is 35.3 Å². The number of benzene rings is 1. The van der Waals surface area contributed by atoms with Crippen molar-refractivity contribution in [1.82, 2.24) is 5.32 Å². The van der Waals surface area contributed by atoms with Gasteiger partial charge in [0.05, 0.1) is 17.2 Å². The first-order chi connectivity index (χ1) is 10.2. The summed E-state index contributed by atoms with van der Waals surface area (Å²) in [5, 5.41) is 13.8. The maximum atomic E-state index is 12.3. The maximum absolute atomic E-state index is 12.3. The van der Waals surface area contributed by atoms with Gasteiger partial charge in [-0.05, 0) is 12.8 Å². The number of carbonyl (C=O) groups excluding carboxylic acids is 1. The van der Waals surface area contributed by atoms with Crippen molar-refractivity contribution >= 4 is 22.7 Å². The Bertz CT molecular complexity index is 532. The summed E-state index contributed by atoms with van der Waals surface area (Å²) in [6.45, 7) is 0. The molecule has 0 aromatic heterocycles. The highest BCUT2D eigenvalue weighted by molar-refractivity contribution is 8.14. The Morgan fingerprint density at radius 1 is 1.24 bits per heavy atom. The fourth-order valence-electron chi connectivity index (χ4n) is 2.81. The van der Waals surface area contributed by atoms with Gasteiger partial charge in [-0.25, -0.2) is 0 Å². The Labute approximate surface area is 129 Å². The average Bonchev–Trinajstić information content (AvgIpc) is 3.00. The van der Waals surface area contributed by atoms with Gasteiger partial charge in [0.2, 0.25) is 5.91 Å². The number of hydrogen-bond donors (Lipinski definition) is 2. The van der Waals surface area contributed by atoms with Gasteiger partial charge in [0.25, 0.3) is 0 Å². The van der Waals surface area contributed by atoms with Gasteiger partial charge in [0.1, 0.15) is 6.04 Å². The predicted molar refractivity (Wildman–Crippen MR) is 85.6 cm³/mol. The zero-order chi connectivity index (χ0) is 14.7. The average molecular weight is 304 g/mol. The minimum atomic E-state index is -0.408. The summed E-state index contributed by atoms with van der Waals surface area (Å²) in [7, 11) is 0. The number of nitrogens with one attached hydrogen (secondary N) is 1. The minimum absolute atomic E-state index is 0.0561. The zero-order valence-corrected chi connectivity index (χ0v) is 12.7. The first-order valence-electron chi connectivity index (χ1n) is 7.48. The predicted octanol–water partition coefficient (Wildman–Crippen LogP) is 1.97.